The molecule has 1 heterocycles. The summed E-state index contributed by atoms with van der Waals surface area (Å²) in [7, 11) is 0. The molecule has 2 fully saturated rings. The molecular weight excluding hydrogens is 597 g/mol. The van der Waals surface area contributed by atoms with Gasteiger partial charge in [-0.3, -0.25) is 9.59 Å². The van der Waals surface area contributed by atoms with Crippen molar-refractivity contribution in [2.24, 2.45) is 11.8 Å². The summed E-state index contributed by atoms with van der Waals surface area (Å²) in [5.74, 6) is -1.95. The summed E-state index contributed by atoms with van der Waals surface area (Å²) in [6, 6.07) is 8.74. The van der Waals surface area contributed by atoms with Crippen molar-refractivity contribution in [1.29, 1.82) is 0 Å². The van der Waals surface area contributed by atoms with E-state index in [0.717, 1.165) is 11.1 Å². The van der Waals surface area contributed by atoms with Crippen LogP contribution in [-0.2, 0) is 33.5 Å². The summed E-state index contributed by atoms with van der Waals surface area (Å²) in [6.07, 6.45) is -1.31. The maximum Gasteiger partial charge on any atom is 0.426 e. The van der Waals surface area contributed by atoms with Gasteiger partial charge in [-0.25, -0.2) is 8.78 Å². The second-order valence-corrected chi connectivity index (χ2v) is 12.5. The maximum atomic E-state index is 15.1. The lowest BCUT2D eigenvalue weighted by molar-refractivity contribution is -0.229. The topological polar surface area (TPSA) is 57.6 Å². The molecule has 1 saturated carbocycles. The molecule has 1 amide bonds. The van der Waals surface area contributed by atoms with Gasteiger partial charge in [-0.15, -0.1) is 0 Å². The highest BCUT2D eigenvalue weighted by molar-refractivity contribution is 9.10. The monoisotopic (exact) mass is 627 g/mol. The molecule has 3 atom stereocenters. The molecule has 2 aromatic rings. The van der Waals surface area contributed by atoms with Crippen molar-refractivity contribution in [3.05, 3.63) is 68.9 Å². The molecule has 0 bridgehead atoms. The molecule has 4 nitrogen and oxygen atoms in total. The summed E-state index contributed by atoms with van der Waals surface area (Å²) in [5.41, 5.74) is -2.43. The minimum atomic E-state index is -5.09. The van der Waals surface area contributed by atoms with Gasteiger partial charge in [-0.1, -0.05) is 34.1 Å². The fourth-order valence-corrected chi connectivity index (χ4v) is 7.85. The summed E-state index contributed by atoms with van der Waals surface area (Å²) in [4.78, 5) is 27.1. The lowest BCUT2D eigenvalue weighted by Gasteiger charge is -2.45. The van der Waals surface area contributed by atoms with Crippen molar-refractivity contribution in [3.8, 4) is 0 Å². The number of amides is 1. The van der Waals surface area contributed by atoms with Crippen LogP contribution < -0.4 is 0 Å². The van der Waals surface area contributed by atoms with Gasteiger partial charge in [0.1, 0.15) is 5.82 Å². The number of likely N-dealkylation sites (tertiary alicyclic amines) is 1. The number of hydrogen-bond donors (Lipinski definition) is 1. The molecule has 5 rings (SSSR count). The highest BCUT2D eigenvalue weighted by atomic mass is 79.9. The Labute approximate surface area is 238 Å². The Balaban J connectivity index is 1.53. The highest BCUT2D eigenvalue weighted by Crippen LogP contribution is 2.53. The molecule has 216 valence electrons. The number of aryl methyl sites for hydroxylation is 1. The highest BCUT2D eigenvalue weighted by Gasteiger charge is 2.57. The molecule has 0 radical (unpaired) electrons. The molecule has 0 spiro atoms. The summed E-state index contributed by atoms with van der Waals surface area (Å²) in [6.45, 7) is 0.972. The molecule has 1 saturated heterocycles. The van der Waals surface area contributed by atoms with Gasteiger partial charge < -0.3 is 10.0 Å². The Bertz CT molecular complexity index is 1300. The van der Waals surface area contributed by atoms with Gasteiger partial charge in [0.05, 0.1) is 5.92 Å². The zero-order valence-electron chi connectivity index (χ0n) is 22.0. The number of benzene rings is 2. The van der Waals surface area contributed by atoms with E-state index in [0.29, 0.717) is 70.4 Å². The van der Waals surface area contributed by atoms with E-state index in [4.69, 9.17) is 0 Å². The third-order valence-electron chi connectivity index (χ3n) is 9.41. The molecule has 10 heteroatoms. The summed E-state index contributed by atoms with van der Waals surface area (Å²) < 4.78 is 69.7. The molecule has 2 aromatic carbocycles. The fourth-order valence-electron chi connectivity index (χ4n) is 7.13. The van der Waals surface area contributed by atoms with Crippen LogP contribution in [0.1, 0.15) is 67.7 Å². The van der Waals surface area contributed by atoms with Crippen molar-refractivity contribution in [1.82, 2.24) is 4.90 Å². The number of carboxylic acids is 1. The van der Waals surface area contributed by atoms with Gasteiger partial charge in [0, 0.05) is 34.0 Å². The van der Waals surface area contributed by atoms with E-state index in [1.54, 1.807) is 18.2 Å². The number of aliphatic carboxylic acids is 1. The van der Waals surface area contributed by atoms with Crippen LogP contribution in [0.5, 0.6) is 0 Å². The first kappa shape index (κ1) is 29.0. The van der Waals surface area contributed by atoms with Crippen LogP contribution in [0, 0.1) is 17.7 Å². The van der Waals surface area contributed by atoms with Crippen molar-refractivity contribution >= 4 is 27.8 Å². The number of carbonyl (C=O) groups is 2. The Kier molecular flexibility index (Phi) is 7.55. The van der Waals surface area contributed by atoms with Crippen LogP contribution in [-0.4, -0.2) is 40.6 Å². The zero-order valence-corrected chi connectivity index (χ0v) is 23.6. The normalized spacial score (nSPS) is 28.0. The Morgan fingerprint density at radius 2 is 1.65 bits per heavy atom. The van der Waals surface area contributed by atoms with E-state index in [2.05, 4.69) is 15.9 Å². The van der Waals surface area contributed by atoms with Crippen molar-refractivity contribution in [2.75, 3.05) is 6.54 Å². The first-order valence-corrected chi connectivity index (χ1v) is 14.4. The predicted molar refractivity (Wildman–Crippen MR) is 142 cm³/mol. The Hall–Kier alpha value is -2.49. The van der Waals surface area contributed by atoms with Crippen molar-refractivity contribution in [2.45, 2.75) is 81.6 Å². The number of carboxylic acid groups (broad SMARTS) is 1. The third-order valence-corrected chi connectivity index (χ3v) is 10.1. The van der Waals surface area contributed by atoms with Crippen LogP contribution >= 0.6 is 15.9 Å². The first-order chi connectivity index (χ1) is 18.7. The first-order valence-electron chi connectivity index (χ1n) is 13.6. The number of fused-ring (bicyclic) bond motifs is 3. The standard InChI is InChI=1S/C30H31BrF5NO3/c1-28(33,30(34,35)36)23-14-20-8-11-25-29(22(20)15-24(23)31,16-17-2-9-21(32)10-3-17)12-13-37(25)26(38)18-4-6-19(7-5-18)27(39)40/h2-3,9-10,14-15,18-19,25H,4-8,11-13,16H2,1H3,(H,39,40)/t18-,19-,25-,28?,29-/m1/s1. The largest absolute Gasteiger partial charge is 0.481 e. The number of carbonyl (C=O) groups excluding carboxylic acids is 1. The average molecular weight is 628 g/mol. The van der Waals surface area contributed by atoms with E-state index >= 15 is 4.39 Å². The second-order valence-electron chi connectivity index (χ2n) is 11.7. The summed E-state index contributed by atoms with van der Waals surface area (Å²) in [5, 5.41) is 9.34. The molecule has 1 unspecified atom stereocenters. The number of hydrogen-bond acceptors (Lipinski definition) is 2. The fraction of sp³-hybridized carbons (Fsp3) is 0.533. The van der Waals surface area contributed by atoms with Crippen molar-refractivity contribution < 1.29 is 36.6 Å². The van der Waals surface area contributed by atoms with Gasteiger partial charge in [0.2, 0.25) is 11.6 Å². The van der Waals surface area contributed by atoms with E-state index in [-0.39, 0.29) is 28.2 Å². The quantitative estimate of drug-likeness (QED) is 0.355. The van der Waals surface area contributed by atoms with Crippen LogP contribution in [0.3, 0.4) is 0 Å². The Morgan fingerprint density at radius 3 is 2.25 bits per heavy atom. The number of nitrogens with zero attached hydrogens (tertiary/aromatic N) is 1. The lowest BCUT2D eigenvalue weighted by Crippen LogP contribution is -2.51. The SMILES string of the molecule is CC(F)(c1cc2c(cc1Br)[C@]1(Cc3ccc(F)cc3)CCN(C(=O)[C@H]3CC[C@H](C(=O)O)CC3)[C@@H]1CC2)C(F)(F)F. The van der Waals surface area contributed by atoms with Crippen molar-refractivity contribution in [3.63, 3.8) is 0 Å². The second kappa shape index (κ2) is 10.4. The van der Waals surface area contributed by atoms with Crippen LogP contribution in [0.4, 0.5) is 22.0 Å². The molecule has 1 N–H and O–H groups in total. The minimum Gasteiger partial charge on any atom is -0.481 e. The molecule has 0 aromatic heterocycles. The van der Waals surface area contributed by atoms with E-state index in [1.807, 2.05) is 4.90 Å². The van der Waals surface area contributed by atoms with Crippen LogP contribution in [0.15, 0.2) is 40.9 Å². The van der Waals surface area contributed by atoms with E-state index < -0.39 is 34.7 Å². The minimum absolute atomic E-state index is 0.0117. The number of rotatable bonds is 5. The van der Waals surface area contributed by atoms with Crippen LogP contribution in [0.25, 0.3) is 0 Å². The third kappa shape index (κ3) is 4.94. The number of halogens is 6. The van der Waals surface area contributed by atoms with Gasteiger partial charge in [0.25, 0.3) is 0 Å². The average Bonchev–Trinajstić information content (AvgIpc) is 3.28. The smallest absolute Gasteiger partial charge is 0.426 e. The molecular formula is C30H31BrF5NO3. The van der Waals surface area contributed by atoms with E-state index in [1.165, 1.54) is 18.2 Å². The van der Waals surface area contributed by atoms with Gasteiger partial charge in [-0.05, 0) is 93.2 Å². The molecule has 2 aliphatic carbocycles. The number of alkyl halides is 4. The van der Waals surface area contributed by atoms with Gasteiger partial charge in [-0.2, -0.15) is 13.2 Å². The van der Waals surface area contributed by atoms with Crippen LogP contribution in [0.2, 0.25) is 0 Å². The molecule has 40 heavy (non-hydrogen) atoms. The zero-order chi connectivity index (χ0) is 29.0. The maximum absolute atomic E-state index is 15.1. The van der Waals surface area contributed by atoms with Gasteiger partial charge in [0.15, 0.2) is 0 Å². The predicted octanol–water partition coefficient (Wildman–Crippen LogP) is 7.25. The molecule has 3 aliphatic rings. The molecule has 1 aliphatic heterocycles. The van der Waals surface area contributed by atoms with Gasteiger partial charge >= 0.3 is 12.1 Å². The lowest BCUT2D eigenvalue weighted by atomic mass is 9.63. The Morgan fingerprint density at radius 1 is 1.02 bits per heavy atom. The van der Waals surface area contributed by atoms with E-state index in [9.17, 15) is 32.3 Å². The summed E-state index contributed by atoms with van der Waals surface area (Å²) >= 11 is 3.23.